The number of rotatable bonds is 5. The molecule has 0 radical (unpaired) electrons. The Morgan fingerprint density at radius 1 is 1.17 bits per heavy atom. The standard InChI is InChI=1S/C20H15FN4O2S2/c1-12-10-28-19(22-12)24-17(26)11-29-20-23-16-5-3-2-4-15(16)18(27)25(20)14-8-6-13(21)7-9-14/h2-10H,11H2,1H3,(H,22,24,26). The van der Waals surface area contributed by atoms with E-state index in [-0.39, 0.29) is 17.2 Å². The number of fused-ring (bicyclic) bond motifs is 1. The van der Waals surface area contributed by atoms with Crippen molar-refractivity contribution in [3.05, 3.63) is 75.8 Å². The molecule has 4 aromatic rings. The Labute approximate surface area is 173 Å². The van der Waals surface area contributed by atoms with E-state index in [2.05, 4.69) is 15.3 Å². The van der Waals surface area contributed by atoms with Crippen molar-refractivity contribution in [1.82, 2.24) is 14.5 Å². The number of hydrogen-bond donors (Lipinski definition) is 1. The Balaban J connectivity index is 1.68. The highest BCUT2D eigenvalue weighted by Gasteiger charge is 2.15. The van der Waals surface area contributed by atoms with Crippen LogP contribution in [0.2, 0.25) is 0 Å². The summed E-state index contributed by atoms with van der Waals surface area (Å²) in [6.07, 6.45) is 0. The van der Waals surface area contributed by atoms with Crippen LogP contribution >= 0.6 is 23.1 Å². The fraction of sp³-hybridized carbons (Fsp3) is 0.100. The Morgan fingerprint density at radius 2 is 1.93 bits per heavy atom. The molecule has 9 heteroatoms. The van der Waals surface area contributed by atoms with E-state index < -0.39 is 5.82 Å². The van der Waals surface area contributed by atoms with Crippen molar-refractivity contribution in [3.8, 4) is 5.69 Å². The molecule has 4 rings (SSSR count). The number of benzene rings is 2. The van der Waals surface area contributed by atoms with Gasteiger partial charge in [-0.2, -0.15) is 0 Å². The SMILES string of the molecule is Cc1csc(NC(=O)CSc2nc3ccccc3c(=O)n2-c2ccc(F)cc2)n1. The molecule has 2 aromatic heterocycles. The van der Waals surface area contributed by atoms with Gasteiger partial charge in [0.2, 0.25) is 5.91 Å². The van der Waals surface area contributed by atoms with Crippen molar-refractivity contribution in [2.24, 2.45) is 0 Å². The number of aromatic nitrogens is 3. The van der Waals surface area contributed by atoms with Crippen molar-refractivity contribution in [3.63, 3.8) is 0 Å². The quantitative estimate of drug-likeness (QED) is 0.385. The van der Waals surface area contributed by atoms with Crippen molar-refractivity contribution in [2.45, 2.75) is 12.1 Å². The third-order valence-corrected chi connectivity index (χ3v) is 5.84. The highest BCUT2D eigenvalue weighted by molar-refractivity contribution is 7.99. The Morgan fingerprint density at radius 3 is 2.66 bits per heavy atom. The van der Waals surface area contributed by atoms with Crippen molar-refractivity contribution in [2.75, 3.05) is 11.1 Å². The van der Waals surface area contributed by atoms with Gasteiger partial charge < -0.3 is 5.32 Å². The summed E-state index contributed by atoms with van der Waals surface area (Å²) in [5, 5.41) is 5.91. The third-order valence-electron chi connectivity index (χ3n) is 4.03. The first kappa shape index (κ1) is 19.3. The van der Waals surface area contributed by atoms with Crippen molar-refractivity contribution >= 4 is 45.0 Å². The lowest BCUT2D eigenvalue weighted by molar-refractivity contribution is -0.113. The number of aryl methyl sites for hydroxylation is 1. The van der Waals surface area contributed by atoms with E-state index in [0.717, 1.165) is 17.5 Å². The van der Waals surface area contributed by atoms with E-state index >= 15 is 0 Å². The molecule has 0 aliphatic carbocycles. The molecule has 0 unspecified atom stereocenters. The summed E-state index contributed by atoms with van der Waals surface area (Å²) in [5.74, 6) is -0.606. The van der Waals surface area contributed by atoms with Crippen LogP contribution in [0.3, 0.4) is 0 Å². The molecule has 29 heavy (non-hydrogen) atoms. The second-order valence-corrected chi connectivity index (χ2v) is 7.96. The predicted octanol–water partition coefficient (Wildman–Crippen LogP) is 4.02. The molecule has 0 bridgehead atoms. The monoisotopic (exact) mass is 426 g/mol. The van der Waals surface area contributed by atoms with Gasteiger partial charge in [-0.25, -0.2) is 14.4 Å². The summed E-state index contributed by atoms with van der Waals surface area (Å²) in [7, 11) is 0. The van der Waals surface area contributed by atoms with Gasteiger partial charge in [0.15, 0.2) is 10.3 Å². The molecule has 0 saturated carbocycles. The zero-order valence-electron chi connectivity index (χ0n) is 15.3. The topological polar surface area (TPSA) is 76.9 Å². The van der Waals surface area contributed by atoms with Gasteiger partial charge >= 0.3 is 0 Å². The van der Waals surface area contributed by atoms with Crippen LogP contribution in [0.1, 0.15) is 5.69 Å². The van der Waals surface area contributed by atoms with Gasteiger partial charge in [-0.05, 0) is 43.3 Å². The summed E-state index contributed by atoms with van der Waals surface area (Å²) in [4.78, 5) is 34.1. The summed E-state index contributed by atoms with van der Waals surface area (Å²) >= 11 is 2.48. The van der Waals surface area contributed by atoms with Crippen LogP contribution < -0.4 is 10.9 Å². The van der Waals surface area contributed by atoms with Gasteiger partial charge in [-0.3, -0.25) is 14.2 Å². The molecular formula is C20H15FN4O2S2. The van der Waals surface area contributed by atoms with Crippen LogP contribution in [-0.2, 0) is 4.79 Å². The number of anilines is 1. The van der Waals surface area contributed by atoms with Crippen molar-refractivity contribution in [1.29, 1.82) is 0 Å². The smallest absolute Gasteiger partial charge is 0.266 e. The van der Waals surface area contributed by atoms with Gasteiger partial charge in [0.1, 0.15) is 5.82 Å². The number of thioether (sulfide) groups is 1. The molecule has 0 spiro atoms. The van der Waals surface area contributed by atoms with E-state index in [4.69, 9.17) is 0 Å². The fourth-order valence-corrected chi connectivity index (χ4v) is 4.24. The maximum Gasteiger partial charge on any atom is 0.266 e. The minimum atomic E-state index is -0.400. The number of carbonyl (C=O) groups excluding carboxylic acids is 1. The number of carbonyl (C=O) groups is 1. The van der Waals surface area contributed by atoms with E-state index in [9.17, 15) is 14.0 Å². The van der Waals surface area contributed by atoms with E-state index in [0.29, 0.717) is 26.9 Å². The van der Waals surface area contributed by atoms with Crippen LogP contribution in [0, 0.1) is 12.7 Å². The highest BCUT2D eigenvalue weighted by Crippen LogP contribution is 2.22. The van der Waals surface area contributed by atoms with Crippen molar-refractivity contribution < 1.29 is 9.18 Å². The molecule has 146 valence electrons. The van der Waals surface area contributed by atoms with Gasteiger partial charge in [0.25, 0.3) is 5.56 Å². The Hall–Kier alpha value is -3.04. The predicted molar refractivity (Wildman–Crippen MR) is 114 cm³/mol. The Kier molecular flexibility index (Phi) is 5.41. The van der Waals surface area contributed by atoms with Gasteiger partial charge in [0, 0.05) is 5.38 Å². The van der Waals surface area contributed by atoms with Gasteiger partial charge in [0.05, 0.1) is 28.0 Å². The second-order valence-electron chi connectivity index (χ2n) is 6.16. The largest absolute Gasteiger partial charge is 0.301 e. The molecule has 0 aliphatic heterocycles. The molecule has 0 aliphatic rings. The number of hydrogen-bond acceptors (Lipinski definition) is 6. The zero-order valence-corrected chi connectivity index (χ0v) is 16.9. The molecule has 0 saturated heterocycles. The number of para-hydroxylation sites is 1. The lowest BCUT2D eigenvalue weighted by Gasteiger charge is -2.13. The minimum Gasteiger partial charge on any atom is -0.301 e. The number of thiazole rings is 1. The van der Waals surface area contributed by atoms with E-state index in [1.165, 1.54) is 40.2 Å². The molecule has 2 heterocycles. The molecular weight excluding hydrogens is 411 g/mol. The molecule has 6 nitrogen and oxygen atoms in total. The average Bonchev–Trinajstić information content (AvgIpc) is 3.12. The van der Waals surface area contributed by atoms with Crippen LogP contribution in [0.5, 0.6) is 0 Å². The maximum absolute atomic E-state index is 13.4. The molecule has 1 amide bonds. The summed E-state index contributed by atoms with van der Waals surface area (Å²) in [5.41, 5.74) is 1.57. The van der Waals surface area contributed by atoms with Gasteiger partial charge in [-0.1, -0.05) is 23.9 Å². The number of amides is 1. The maximum atomic E-state index is 13.4. The summed E-state index contributed by atoms with van der Waals surface area (Å²) in [6.45, 7) is 1.85. The Bertz CT molecular complexity index is 1250. The molecule has 1 N–H and O–H groups in total. The minimum absolute atomic E-state index is 0.0462. The zero-order chi connectivity index (χ0) is 20.4. The number of halogens is 1. The van der Waals surface area contributed by atoms with Crippen LogP contribution in [0.15, 0.2) is 63.9 Å². The third kappa shape index (κ3) is 4.20. The normalized spacial score (nSPS) is 11.0. The summed E-state index contributed by atoms with van der Waals surface area (Å²) in [6, 6.07) is 12.6. The van der Waals surface area contributed by atoms with Gasteiger partial charge in [-0.15, -0.1) is 11.3 Å². The first-order valence-corrected chi connectivity index (χ1v) is 10.5. The van der Waals surface area contributed by atoms with Crippen LogP contribution in [0.25, 0.3) is 16.6 Å². The number of nitrogens with one attached hydrogen (secondary N) is 1. The van der Waals surface area contributed by atoms with Crippen LogP contribution in [-0.4, -0.2) is 26.2 Å². The van der Waals surface area contributed by atoms with Crippen LogP contribution in [0.4, 0.5) is 9.52 Å². The molecule has 0 atom stereocenters. The number of nitrogens with zero attached hydrogens (tertiary/aromatic N) is 3. The molecule has 0 fully saturated rings. The average molecular weight is 426 g/mol. The molecule has 2 aromatic carbocycles. The highest BCUT2D eigenvalue weighted by atomic mass is 32.2. The first-order valence-electron chi connectivity index (χ1n) is 8.64. The lowest BCUT2D eigenvalue weighted by Crippen LogP contribution is -2.23. The summed E-state index contributed by atoms with van der Waals surface area (Å²) < 4.78 is 14.7. The van der Waals surface area contributed by atoms with E-state index in [1.807, 2.05) is 12.3 Å². The second kappa shape index (κ2) is 8.14. The lowest BCUT2D eigenvalue weighted by atomic mass is 10.2. The van der Waals surface area contributed by atoms with E-state index in [1.54, 1.807) is 24.3 Å². The fourth-order valence-electron chi connectivity index (χ4n) is 2.72. The first-order chi connectivity index (χ1) is 14.0.